The zero-order valence-corrected chi connectivity index (χ0v) is 15.8. The molecular formula is C16H16BrF2N3O2S. The maximum absolute atomic E-state index is 13.9. The van der Waals surface area contributed by atoms with Gasteiger partial charge in [-0.25, -0.2) is 22.2 Å². The van der Waals surface area contributed by atoms with E-state index in [2.05, 4.69) is 20.9 Å². The van der Waals surface area contributed by atoms with E-state index in [-0.39, 0.29) is 13.1 Å². The molecule has 9 heteroatoms. The van der Waals surface area contributed by atoms with Crippen molar-refractivity contribution in [3.8, 4) is 0 Å². The van der Waals surface area contributed by atoms with Crippen molar-refractivity contribution in [1.82, 2.24) is 9.29 Å². The fourth-order valence-electron chi connectivity index (χ4n) is 2.82. The summed E-state index contributed by atoms with van der Waals surface area (Å²) in [4.78, 5) is 5.73. The van der Waals surface area contributed by atoms with Crippen LogP contribution in [0.3, 0.4) is 0 Å². The Balaban J connectivity index is 1.78. The number of aromatic nitrogens is 1. The SMILES string of the molecule is Cc1cc(Br)cnc1N1CCN(S(=O)(=O)c2cc(F)ccc2F)CC1. The third kappa shape index (κ3) is 3.68. The fraction of sp³-hybridized carbons (Fsp3) is 0.312. The van der Waals surface area contributed by atoms with E-state index in [1.807, 2.05) is 17.9 Å². The summed E-state index contributed by atoms with van der Waals surface area (Å²) in [5, 5.41) is 0. The van der Waals surface area contributed by atoms with E-state index >= 15 is 0 Å². The van der Waals surface area contributed by atoms with Crippen LogP contribution in [0.25, 0.3) is 0 Å². The van der Waals surface area contributed by atoms with Gasteiger partial charge in [0, 0.05) is 36.8 Å². The normalized spacial score (nSPS) is 16.2. The first-order valence-corrected chi connectivity index (χ1v) is 9.84. The number of aryl methyl sites for hydroxylation is 1. The van der Waals surface area contributed by atoms with Crippen LogP contribution in [-0.4, -0.2) is 43.9 Å². The monoisotopic (exact) mass is 431 g/mol. The van der Waals surface area contributed by atoms with Crippen LogP contribution < -0.4 is 4.90 Å². The van der Waals surface area contributed by atoms with Crippen LogP contribution in [0.5, 0.6) is 0 Å². The summed E-state index contributed by atoms with van der Waals surface area (Å²) in [6, 6.07) is 4.38. The molecule has 1 saturated heterocycles. The number of piperazine rings is 1. The molecular weight excluding hydrogens is 416 g/mol. The number of sulfonamides is 1. The molecule has 5 nitrogen and oxygen atoms in total. The summed E-state index contributed by atoms with van der Waals surface area (Å²) < 4.78 is 54.4. The lowest BCUT2D eigenvalue weighted by molar-refractivity contribution is 0.380. The van der Waals surface area contributed by atoms with Crippen LogP contribution in [0, 0.1) is 18.6 Å². The third-order valence-electron chi connectivity index (χ3n) is 4.07. The van der Waals surface area contributed by atoms with Crippen LogP contribution in [0.15, 0.2) is 39.8 Å². The largest absolute Gasteiger partial charge is 0.354 e. The molecule has 1 aliphatic rings. The summed E-state index contributed by atoms with van der Waals surface area (Å²) in [6.45, 7) is 3.13. The predicted octanol–water partition coefficient (Wildman–Crippen LogP) is 2.94. The first kappa shape index (κ1) is 18.2. The van der Waals surface area contributed by atoms with Crippen molar-refractivity contribution in [1.29, 1.82) is 0 Å². The fourth-order valence-corrected chi connectivity index (χ4v) is 4.76. The number of hydrogen-bond donors (Lipinski definition) is 0. The summed E-state index contributed by atoms with van der Waals surface area (Å²) >= 11 is 3.36. The van der Waals surface area contributed by atoms with E-state index in [0.717, 1.165) is 34.1 Å². The van der Waals surface area contributed by atoms with Crippen molar-refractivity contribution in [2.45, 2.75) is 11.8 Å². The number of benzene rings is 1. The second-order valence-electron chi connectivity index (χ2n) is 5.76. The number of anilines is 1. The Labute approximate surface area is 153 Å². The highest BCUT2D eigenvalue weighted by Gasteiger charge is 2.31. The van der Waals surface area contributed by atoms with Crippen LogP contribution in [0.2, 0.25) is 0 Å². The molecule has 2 aromatic rings. The first-order chi connectivity index (χ1) is 11.8. The summed E-state index contributed by atoms with van der Waals surface area (Å²) in [7, 11) is -4.07. The standard InChI is InChI=1S/C16H16BrF2N3O2S/c1-11-8-12(17)10-20-16(11)21-4-6-22(7-5-21)25(23,24)15-9-13(18)2-3-14(15)19/h2-3,8-10H,4-7H2,1H3. The zero-order valence-electron chi connectivity index (χ0n) is 13.4. The quantitative estimate of drug-likeness (QED) is 0.749. The maximum atomic E-state index is 13.9. The molecule has 1 aromatic carbocycles. The maximum Gasteiger partial charge on any atom is 0.246 e. The van der Waals surface area contributed by atoms with Gasteiger partial charge in [0.15, 0.2) is 0 Å². The molecule has 0 radical (unpaired) electrons. The Hall–Kier alpha value is -1.58. The molecule has 1 fully saturated rings. The van der Waals surface area contributed by atoms with Gasteiger partial charge in [-0.05, 0) is 52.7 Å². The molecule has 25 heavy (non-hydrogen) atoms. The van der Waals surface area contributed by atoms with E-state index in [0.29, 0.717) is 13.1 Å². The Morgan fingerprint density at radius 1 is 1.12 bits per heavy atom. The molecule has 0 atom stereocenters. The van der Waals surface area contributed by atoms with E-state index in [4.69, 9.17) is 0 Å². The number of nitrogens with zero attached hydrogens (tertiary/aromatic N) is 3. The van der Waals surface area contributed by atoms with Gasteiger partial charge in [0.2, 0.25) is 10.0 Å². The molecule has 0 unspecified atom stereocenters. The minimum atomic E-state index is -4.07. The highest BCUT2D eigenvalue weighted by Crippen LogP contribution is 2.25. The highest BCUT2D eigenvalue weighted by molar-refractivity contribution is 9.10. The molecule has 0 saturated carbocycles. The molecule has 2 heterocycles. The second kappa shape index (κ2) is 6.97. The smallest absolute Gasteiger partial charge is 0.246 e. The zero-order chi connectivity index (χ0) is 18.2. The summed E-state index contributed by atoms with van der Waals surface area (Å²) in [5.74, 6) is -0.945. The van der Waals surface area contributed by atoms with Gasteiger partial charge in [-0.15, -0.1) is 0 Å². The van der Waals surface area contributed by atoms with E-state index in [9.17, 15) is 17.2 Å². The third-order valence-corrected chi connectivity index (χ3v) is 6.41. The second-order valence-corrected chi connectivity index (χ2v) is 8.58. The number of halogens is 3. The van der Waals surface area contributed by atoms with Crippen molar-refractivity contribution >= 4 is 31.8 Å². The molecule has 3 rings (SSSR count). The van der Waals surface area contributed by atoms with Crippen molar-refractivity contribution in [3.05, 3.63) is 52.1 Å². The Morgan fingerprint density at radius 2 is 1.80 bits per heavy atom. The average Bonchev–Trinajstić information content (AvgIpc) is 2.57. The first-order valence-electron chi connectivity index (χ1n) is 7.61. The molecule has 0 aliphatic carbocycles. The van der Waals surface area contributed by atoms with Gasteiger partial charge in [0.25, 0.3) is 0 Å². The molecule has 0 N–H and O–H groups in total. The van der Waals surface area contributed by atoms with Crippen LogP contribution in [0.4, 0.5) is 14.6 Å². The van der Waals surface area contributed by atoms with Gasteiger partial charge in [-0.1, -0.05) is 0 Å². The van der Waals surface area contributed by atoms with Crippen LogP contribution in [-0.2, 0) is 10.0 Å². The Morgan fingerprint density at radius 3 is 2.44 bits per heavy atom. The lowest BCUT2D eigenvalue weighted by atomic mass is 10.2. The highest BCUT2D eigenvalue weighted by atomic mass is 79.9. The topological polar surface area (TPSA) is 53.5 Å². The van der Waals surface area contributed by atoms with Crippen molar-refractivity contribution in [2.24, 2.45) is 0 Å². The molecule has 0 amide bonds. The number of pyridine rings is 1. The van der Waals surface area contributed by atoms with Gasteiger partial charge < -0.3 is 4.90 Å². The van der Waals surface area contributed by atoms with E-state index in [1.165, 1.54) is 4.31 Å². The summed E-state index contributed by atoms with van der Waals surface area (Å²) in [6.07, 6.45) is 1.69. The average molecular weight is 432 g/mol. The minimum absolute atomic E-state index is 0.176. The number of rotatable bonds is 3. The van der Waals surface area contributed by atoms with Gasteiger partial charge in [-0.3, -0.25) is 0 Å². The van der Waals surface area contributed by atoms with E-state index < -0.39 is 26.6 Å². The van der Waals surface area contributed by atoms with Gasteiger partial charge in [-0.2, -0.15) is 4.31 Å². The van der Waals surface area contributed by atoms with E-state index in [1.54, 1.807) is 6.20 Å². The Bertz CT molecular complexity index is 900. The lowest BCUT2D eigenvalue weighted by Gasteiger charge is -2.35. The van der Waals surface area contributed by atoms with Crippen molar-refractivity contribution in [3.63, 3.8) is 0 Å². The molecule has 1 aromatic heterocycles. The van der Waals surface area contributed by atoms with Crippen molar-refractivity contribution in [2.75, 3.05) is 31.1 Å². The number of hydrogen-bond acceptors (Lipinski definition) is 4. The summed E-state index contributed by atoms with van der Waals surface area (Å²) in [5.41, 5.74) is 0.974. The minimum Gasteiger partial charge on any atom is -0.354 e. The molecule has 0 spiro atoms. The molecule has 0 bridgehead atoms. The lowest BCUT2D eigenvalue weighted by Crippen LogP contribution is -2.49. The predicted molar refractivity (Wildman–Crippen MR) is 94.0 cm³/mol. The van der Waals surface area contributed by atoms with Gasteiger partial charge in [0.1, 0.15) is 22.3 Å². The molecule has 1 aliphatic heterocycles. The van der Waals surface area contributed by atoms with Crippen LogP contribution in [0.1, 0.15) is 5.56 Å². The molecule has 134 valence electrons. The van der Waals surface area contributed by atoms with Crippen LogP contribution >= 0.6 is 15.9 Å². The van der Waals surface area contributed by atoms with Crippen molar-refractivity contribution < 1.29 is 17.2 Å². The van der Waals surface area contributed by atoms with Gasteiger partial charge >= 0.3 is 0 Å². The Kier molecular flexibility index (Phi) is 5.08. The van der Waals surface area contributed by atoms with Gasteiger partial charge in [0.05, 0.1) is 0 Å².